The molecular weight excluding hydrogens is 334 g/mol. The van der Waals surface area contributed by atoms with Crippen molar-refractivity contribution in [3.05, 3.63) is 20.8 Å². The molecule has 1 fully saturated rings. The molecular formula is C16H26BrNOS. The molecule has 0 spiro atoms. The normalized spacial score (nSPS) is 28.5. The average Bonchev–Trinajstić information content (AvgIpc) is 2.88. The molecule has 1 aliphatic rings. The SMILES string of the molecule is CCCNC(c1sccc1Br)C1(OC)CCC(C)CC1. The van der Waals surface area contributed by atoms with Crippen molar-refractivity contribution in [1.29, 1.82) is 0 Å². The van der Waals surface area contributed by atoms with Crippen molar-refractivity contribution in [2.24, 2.45) is 5.92 Å². The van der Waals surface area contributed by atoms with Crippen LogP contribution in [0.15, 0.2) is 15.9 Å². The van der Waals surface area contributed by atoms with E-state index in [0.29, 0.717) is 6.04 Å². The number of hydrogen-bond donors (Lipinski definition) is 1. The van der Waals surface area contributed by atoms with E-state index in [-0.39, 0.29) is 5.60 Å². The van der Waals surface area contributed by atoms with Crippen LogP contribution in [-0.2, 0) is 4.74 Å². The molecule has 1 aromatic rings. The Labute approximate surface area is 135 Å². The molecule has 2 rings (SSSR count). The Kier molecular flexibility index (Phi) is 6.09. The fraction of sp³-hybridized carbons (Fsp3) is 0.750. The molecule has 20 heavy (non-hydrogen) atoms. The highest BCUT2D eigenvalue weighted by Gasteiger charge is 2.43. The fourth-order valence-corrected chi connectivity index (χ4v) is 4.96. The van der Waals surface area contributed by atoms with Gasteiger partial charge in [-0.1, -0.05) is 13.8 Å². The molecule has 0 bridgehead atoms. The van der Waals surface area contributed by atoms with Gasteiger partial charge in [0.25, 0.3) is 0 Å². The van der Waals surface area contributed by atoms with Crippen LogP contribution in [0.25, 0.3) is 0 Å². The first-order chi connectivity index (χ1) is 9.63. The monoisotopic (exact) mass is 359 g/mol. The molecule has 4 heteroatoms. The highest BCUT2D eigenvalue weighted by Crippen LogP contribution is 2.45. The number of rotatable bonds is 6. The van der Waals surface area contributed by atoms with E-state index < -0.39 is 0 Å². The second-order valence-electron chi connectivity index (χ2n) is 5.97. The van der Waals surface area contributed by atoms with Gasteiger partial charge in [0.05, 0.1) is 11.6 Å². The summed E-state index contributed by atoms with van der Waals surface area (Å²) in [4.78, 5) is 1.38. The van der Waals surface area contributed by atoms with Crippen LogP contribution in [0.5, 0.6) is 0 Å². The Morgan fingerprint density at radius 2 is 2.20 bits per heavy atom. The predicted octanol–water partition coefficient (Wildman–Crippen LogP) is 5.15. The number of methoxy groups -OCH3 is 1. The Morgan fingerprint density at radius 1 is 1.50 bits per heavy atom. The first kappa shape index (κ1) is 16.5. The smallest absolute Gasteiger partial charge is 0.0881 e. The van der Waals surface area contributed by atoms with Crippen molar-refractivity contribution < 1.29 is 4.74 Å². The van der Waals surface area contributed by atoms with E-state index >= 15 is 0 Å². The molecule has 114 valence electrons. The largest absolute Gasteiger partial charge is 0.376 e. The average molecular weight is 360 g/mol. The van der Waals surface area contributed by atoms with Gasteiger partial charge in [0.1, 0.15) is 0 Å². The van der Waals surface area contributed by atoms with Crippen molar-refractivity contribution in [1.82, 2.24) is 5.32 Å². The van der Waals surface area contributed by atoms with Gasteiger partial charge in [0.15, 0.2) is 0 Å². The van der Waals surface area contributed by atoms with Crippen molar-refractivity contribution in [2.45, 2.75) is 57.6 Å². The number of nitrogens with one attached hydrogen (secondary N) is 1. The van der Waals surface area contributed by atoms with Crippen molar-refractivity contribution >= 4 is 27.3 Å². The van der Waals surface area contributed by atoms with Crippen molar-refractivity contribution in [3.63, 3.8) is 0 Å². The number of hydrogen-bond acceptors (Lipinski definition) is 3. The third-order valence-corrected chi connectivity index (χ3v) is 6.49. The molecule has 0 saturated heterocycles. The van der Waals surface area contributed by atoms with Crippen LogP contribution in [0.1, 0.15) is 56.9 Å². The van der Waals surface area contributed by atoms with Crippen LogP contribution in [0.2, 0.25) is 0 Å². The lowest BCUT2D eigenvalue weighted by Crippen LogP contribution is -2.47. The van der Waals surface area contributed by atoms with Gasteiger partial charge in [-0.05, 0) is 71.9 Å². The minimum absolute atomic E-state index is 0.0466. The number of thiophene rings is 1. The van der Waals surface area contributed by atoms with E-state index in [1.54, 1.807) is 0 Å². The van der Waals surface area contributed by atoms with E-state index in [4.69, 9.17) is 4.74 Å². The van der Waals surface area contributed by atoms with Crippen LogP contribution in [0, 0.1) is 5.92 Å². The van der Waals surface area contributed by atoms with E-state index in [2.05, 4.69) is 46.5 Å². The maximum Gasteiger partial charge on any atom is 0.0881 e. The molecule has 1 N–H and O–H groups in total. The Hall–Kier alpha value is 0.1000. The summed E-state index contributed by atoms with van der Waals surface area (Å²) in [6.45, 7) is 5.61. The second kappa shape index (κ2) is 7.39. The summed E-state index contributed by atoms with van der Waals surface area (Å²) in [5.41, 5.74) is -0.0466. The van der Waals surface area contributed by atoms with Crippen molar-refractivity contribution in [3.8, 4) is 0 Å². The third-order valence-electron chi connectivity index (χ3n) is 4.56. The summed E-state index contributed by atoms with van der Waals surface area (Å²) in [5, 5.41) is 5.91. The molecule has 1 aromatic heterocycles. The van der Waals surface area contributed by atoms with Gasteiger partial charge in [-0.2, -0.15) is 0 Å². The van der Waals surface area contributed by atoms with Gasteiger partial charge in [-0.25, -0.2) is 0 Å². The molecule has 1 saturated carbocycles. The lowest BCUT2D eigenvalue weighted by atomic mass is 9.74. The molecule has 1 aliphatic carbocycles. The zero-order chi connectivity index (χ0) is 14.6. The molecule has 0 radical (unpaired) electrons. The van der Waals surface area contributed by atoms with E-state index in [1.807, 2.05) is 18.4 Å². The topological polar surface area (TPSA) is 21.3 Å². The highest BCUT2D eigenvalue weighted by molar-refractivity contribution is 9.10. The number of halogens is 1. The fourth-order valence-electron chi connectivity index (χ4n) is 3.18. The van der Waals surface area contributed by atoms with Gasteiger partial charge < -0.3 is 10.1 Å². The Bertz CT molecular complexity index is 412. The molecule has 0 aliphatic heterocycles. The Balaban J connectivity index is 2.26. The quantitative estimate of drug-likeness (QED) is 0.758. The van der Waals surface area contributed by atoms with Gasteiger partial charge in [0, 0.05) is 16.5 Å². The van der Waals surface area contributed by atoms with Crippen LogP contribution >= 0.6 is 27.3 Å². The predicted molar refractivity (Wildman–Crippen MR) is 90.4 cm³/mol. The van der Waals surface area contributed by atoms with Gasteiger partial charge in [0.2, 0.25) is 0 Å². The molecule has 1 unspecified atom stereocenters. The summed E-state index contributed by atoms with van der Waals surface area (Å²) in [6.07, 6.45) is 5.98. The van der Waals surface area contributed by atoms with Crippen molar-refractivity contribution in [2.75, 3.05) is 13.7 Å². The highest BCUT2D eigenvalue weighted by atomic mass is 79.9. The molecule has 2 nitrogen and oxygen atoms in total. The first-order valence-corrected chi connectivity index (χ1v) is 9.31. The van der Waals surface area contributed by atoms with Crippen LogP contribution in [-0.4, -0.2) is 19.3 Å². The second-order valence-corrected chi connectivity index (χ2v) is 7.77. The standard InChI is InChI=1S/C16H26BrNOS/c1-4-10-18-15(14-13(17)7-11-20-14)16(19-3)8-5-12(2)6-9-16/h7,11-12,15,18H,4-6,8-10H2,1-3H3. The molecule has 0 aromatic carbocycles. The van der Waals surface area contributed by atoms with Gasteiger partial charge in [-0.15, -0.1) is 11.3 Å². The summed E-state index contributed by atoms with van der Waals surface area (Å²) in [5.74, 6) is 0.830. The van der Waals surface area contributed by atoms with Crippen LogP contribution < -0.4 is 5.32 Å². The van der Waals surface area contributed by atoms with Crippen LogP contribution in [0.4, 0.5) is 0 Å². The van der Waals surface area contributed by atoms with E-state index in [1.165, 1.54) is 22.2 Å². The van der Waals surface area contributed by atoms with E-state index in [0.717, 1.165) is 31.7 Å². The maximum atomic E-state index is 6.09. The lowest BCUT2D eigenvalue weighted by molar-refractivity contribution is -0.0753. The van der Waals surface area contributed by atoms with Gasteiger partial charge in [-0.3, -0.25) is 0 Å². The molecule has 1 heterocycles. The summed E-state index contributed by atoms with van der Waals surface area (Å²) >= 11 is 5.53. The van der Waals surface area contributed by atoms with E-state index in [9.17, 15) is 0 Å². The third kappa shape index (κ3) is 3.46. The minimum atomic E-state index is -0.0466. The summed E-state index contributed by atoms with van der Waals surface area (Å²) < 4.78 is 7.30. The van der Waals surface area contributed by atoms with Crippen LogP contribution in [0.3, 0.4) is 0 Å². The number of ether oxygens (including phenoxy) is 1. The lowest BCUT2D eigenvalue weighted by Gasteiger charge is -2.44. The first-order valence-electron chi connectivity index (χ1n) is 7.64. The molecule has 0 amide bonds. The molecule has 1 atom stereocenters. The summed E-state index contributed by atoms with van der Waals surface area (Å²) in [7, 11) is 1.89. The minimum Gasteiger partial charge on any atom is -0.376 e. The Morgan fingerprint density at radius 3 is 2.70 bits per heavy atom. The van der Waals surface area contributed by atoms with Gasteiger partial charge >= 0.3 is 0 Å². The zero-order valence-corrected chi connectivity index (χ0v) is 15.1. The maximum absolute atomic E-state index is 6.09. The zero-order valence-electron chi connectivity index (χ0n) is 12.7. The summed E-state index contributed by atoms with van der Waals surface area (Å²) in [6, 6.07) is 2.45.